The molecular weight excluding hydrogens is 200 g/mol. The summed E-state index contributed by atoms with van der Waals surface area (Å²) in [7, 11) is 0. The van der Waals surface area contributed by atoms with Gasteiger partial charge >= 0.3 is 0 Å². The van der Waals surface area contributed by atoms with Crippen LogP contribution in [0.2, 0.25) is 0 Å². The Hall–Kier alpha value is -1.61. The van der Waals surface area contributed by atoms with Gasteiger partial charge in [-0.3, -0.25) is 4.79 Å². The number of benzene rings is 1. The molecule has 1 amide bonds. The molecule has 3 nitrogen and oxygen atoms in total. The number of nitrogens with two attached hydrogens (primary N) is 1. The van der Waals surface area contributed by atoms with Crippen LogP contribution in [-0.4, -0.2) is 5.91 Å². The van der Waals surface area contributed by atoms with Gasteiger partial charge in [0.2, 0.25) is 5.91 Å². The highest BCUT2D eigenvalue weighted by Crippen LogP contribution is 2.11. The maximum absolute atomic E-state index is 11.2. The Bertz CT molecular complexity index is 383. The number of carbonyl (C=O) groups excluding carboxylic acids is 1. The fourth-order valence-corrected chi connectivity index (χ4v) is 1.39. The summed E-state index contributed by atoms with van der Waals surface area (Å²) < 4.78 is 0. The molecule has 1 atom stereocenters. The normalized spacial score (nSPS) is 12.7. The van der Waals surface area contributed by atoms with Crippen molar-refractivity contribution in [2.45, 2.75) is 26.4 Å². The second kappa shape index (κ2) is 6.08. The summed E-state index contributed by atoms with van der Waals surface area (Å²) in [5.74, 6) is -0.0753. The molecular formula is C13H18N2O. The van der Waals surface area contributed by atoms with Crippen molar-refractivity contribution in [1.29, 1.82) is 0 Å². The van der Waals surface area contributed by atoms with Crippen molar-refractivity contribution in [3.63, 3.8) is 0 Å². The minimum atomic E-state index is -0.0753. The first kappa shape index (κ1) is 12.5. The molecule has 0 saturated heterocycles. The van der Waals surface area contributed by atoms with E-state index < -0.39 is 0 Å². The van der Waals surface area contributed by atoms with E-state index in [1.165, 1.54) is 6.08 Å². The van der Waals surface area contributed by atoms with E-state index in [-0.39, 0.29) is 11.9 Å². The van der Waals surface area contributed by atoms with E-state index in [1.54, 1.807) is 6.08 Å². The van der Waals surface area contributed by atoms with Gasteiger partial charge in [0.05, 0.1) is 0 Å². The summed E-state index contributed by atoms with van der Waals surface area (Å²) in [6.07, 6.45) is 3.23. The van der Waals surface area contributed by atoms with Crippen LogP contribution in [0.5, 0.6) is 0 Å². The lowest BCUT2D eigenvalue weighted by atomic mass is 10.1. The number of allylic oxidation sites excluding steroid dienone is 1. The van der Waals surface area contributed by atoms with E-state index in [1.807, 2.05) is 38.1 Å². The first-order chi connectivity index (χ1) is 7.63. The van der Waals surface area contributed by atoms with Gasteiger partial charge in [0, 0.05) is 12.6 Å². The second-order valence-electron chi connectivity index (χ2n) is 3.75. The Balaban J connectivity index is 2.60. The predicted octanol–water partition coefficient (Wildman–Crippen LogP) is 1.90. The Morgan fingerprint density at radius 3 is 2.94 bits per heavy atom. The predicted molar refractivity (Wildman–Crippen MR) is 65.7 cm³/mol. The highest BCUT2D eigenvalue weighted by Gasteiger charge is 2.01. The second-order valence-corrected chi connectivity index (χ2v) is 3.75. The standard InChI is InChI=1S/C13H18N2O/c1-3-5-13(16)15-9-11-6-4-7-12(8-11)10(2)14/h3-8,10H,9,14H2,1-2H3,(H,15,16)/b5-3+. The molecule has 1 aromatic carbocycles. The molecule has 0 spiro atoms. The summed E-state index contributed by atoms with van der Waals surface area (Å²) in [6, 6.07) is 7.95. The lowest BCUT2D eigenvalue weighted by molar-refractivity contribution is -0.116. The Morgan fingerprint density at radius 1 is 1.56 bits per heavy atom. The molecule has 0 aromatic heterocycles. The fourth-order valence-electron chi connectivity index (χ4n) is 1.39. The summed E-state index contributed by atoms with van der Waals surface area (Å²) in [5, 5.41) is 2.80. The Kier molecular flexibility index (Phi) is 4.73. The van der Waals surface area contributed by atoms with Gasteiger partial charge in [0.1, 0.15) is 0 Å². The molecule has 0 aliphatic carbocycles. The van der Waals surface area contributed by atoms with Crippen LogP contribution in [0.4, 0.5) is 0 Å². The van der Waals surface area contributed by atoms with Crippen LogP contribution in [0, 0.1) is 0 Å². The molecule has 3 N–H and O–H groups in total. The zero-order chi connectivity index (χ0) is 12.0. The maximum Gasteiger partial charge on any atom is 0.243 e. The molecule has 1 rings (SSSR count). The first-order valence-corrected chi connectivity index (χ1v) is 5.38. The summed E-state index contributed by atoms with van der Waals surface area (Å²) >= 11 is 0. The number of hydrogen-bond donors (Lipinski definition) is 2. The van der Waals surface area contributed by atoms with E-state index in [2.05, 4.69) is 5.32 Å². The van der Waals surface area contributed by atoms with Crippen LogP contribution in [0.25, 0.3) is 0 Å². The number of amides is 1. The topological polar surface area (TPSA) is 55.1 Å². The van der Waals surface area contributed by atoms with Gasteiger partial charge in [-0.05, 0) is 31.1 Å². The smallest absolute Gasteiger partial charge is 0.243 e. The van der Waals surface area contributed by atoms with Crippen LogP contribution in [0.15, 0.2) is 36.4 Å². The summed E-state index contributed by atoms with van der Waals surface area (Å²) in [6.45, 7) is 4.29. The van der Waals surface area contributed by atoms with Crippen LogP contribution in [0.1, 0.15) is 31.0 Å². The Labute approximate surface area is 96.3 Å². The molecule has 0 aliphatic rings. The van der Waals surface area contributed by atoms with Gasteiger partial charge in [-0.25, -0.2) is 0 Å². The molecule has 1 aromatic rings. The van der Waals surface area contributed by atoms with Gasteiger partial charge in [-0.2, -0.15) is 0 Å². The van der Waals surface area contributed by atoms with E-state index in [0.717, 1.165) is 11.1 Å². The largest absolute Gasteiger partial charge is 0.348 e. The third kappa shape index (κ3) is 3.87. The zero-order valence-electron chi connectivity index (χ0n) is 9.73. The average molecular weight is 218 g/mol. The summed E-state index contributed by atoms with van der Waals surface area (Å²) in [5.41, 5.74) is 7.93. The van der Waals surface area contributed by atoms with Gasteiger partial charge < -0.3 is 11.1 Å². The molecule has 0 radical (unpaired) electrons. The van der Waals surface area contributed by atoms with Crippen LogP contribution in [-0.2, 0) is 11.3 Å². The van der Waals surface area contributed by atoms with Crippen LogP contribution >= 0.6 is 0 Å². The maximum atomic E-state index is 11.2. The van der Waals surface area contributed by atoms with E-state index in [4.69, 9.17) is 5.73 Å². The molecule has 0 bridgehead atoms. The molecule has 3 heteroatoms. The Morgan fingerprint density at radius 2 is 2.31 bits per heavy atom. The number of nitrogens with one attached hydrogen (secondary N) is 1. The molecule has 0 saturated carbocycles. The summed E-state index contributed by atoms with van der Waals surface area (Å²) in [4.78, 5) is 11.2. The zero-order valence-corrected chi connectivity index (χ0v) is 9.73. The van der Waals surface area contributed by atoms with Gasteiger partial charge in [-0.15, -0.1) is 0 Å². The molecule has 16 heavy (non-hydrogen) atoms. The molecule has 0 aliphatic heterocycles. The van der Waals surface area contributed by atoms with Crippen molar-refractivity contribution < 1.29 is 4.79 Å². The van der Waals surface area contributed by atoms with Gasteiger partial charge in [-0.1, -0.05) is 30.3 Å². The first-order valence-electron chi connectivity index (χ1n) is 5.38. The highest BCUT2D eigenvalue weighted by atomic mass is 16.1. The number of hydrogen-bond acceptors (Lipinski definition) is 2. The minimum Gasteiger partial charge on any atom is -0.348 e. The minimum absolute atomic E-state index is 0.0196. The van der Waals surface area contributed by atoms with Gasteiger partial charge in [0.25, 0.3) is 0 Å². The molecule has 1 unspecified atom stereocenters. The van der Waals surface area contributed by atoms with Crippen molar-refractivity contribution in [3.8, 4) is 0 Å². The van der Waals surface area contributed by atoms with Crippen molar-refractivity contribution in [3.05, 3.63) is 47.5 Å². The third-order valence-corrected chi connectivity index (χ3v) is 2.26. The van der Waals surface area contributed by atoms with Crippen molar-refractivity contribution >= 4 is 5.91 Å². The SMILES string of the molecule is C/C=C/C(=O)NCc1cccc(C(C)N)c1. The fraction of sp³-hybridized carbons (Fsp3) is 0.308. The van der Waals surface area contributed by atoms with E-state index in [0.29, 0.717) is 6.54 Å². The lowest BCUT2D eigenvalue weighted by Crippen LogP contribution is -2.20. The lowest BCUT2D eigenvalue weighted by Gasteiger charge is -2.08. The van der Waals surface area contributed by atoms with Crippen LogP contribution in [0.3, 0.4) is 0 Å². The average Bonchev–Trinajstić information content (AvgIpc) is 2.27. The molecule has 0 heterocycles. The number of carbonyl (C=O) groups is 1. The molecule has 0 fully saturated rings. The van der Waals surface area contributed by atoms with Crippen molar-refractivity contribution in [2.75, 3.05) is 0 Å². The van der Waals surface area contributed by atoms with Crippen molar-refractivity contribution in [1.82, 2.24) is 5.32 Å². The third-order valence-electron chi connectivity index (χ3n) is 2.26. The molecule has 86 valence electrons. The monoisotopic (exact) mass is 218 g/mol. The van der Waals surface area contributed by atoms with E-state index in [9.17, 15) is 4.79 Å². The highest BCUT2D eigenvalue weighted by molar-refractivity contribution is 5.87. The van der Waals surface area contributed by atoms with Gasteiger partial charge in [0.15, 0.2) is 0 Å². The number of rotatable bonds is 4. The quantitative estimate of drug-likeness (QED) is 0.758. The van der Waals surface area contributed by atoms with E-state index >= 15 is 0 Å². The van der Waals surface area contributed by atoms with Crippen LogP contribution < -0.4 is 11.1 Å². The van der Waals surface area contributed by atoms with Crippen molar-refractivity contribution in [2.24, 2.45) is 5.73 Å².